The Hall–Kier alpha value is -1.91. The molecule has 1 unspecified atom stereocenters. The van der Waals surface area contributed by atoms with Crippen molar-refractivity contribution in [1.29, 1.82) is 0 Å². The number of carboxylic acids is 1. The van der Waals surface area contributed by atoms with Crippen molar-refractivity contribution in [1.82, 2.24) is 4.31 Å². The summed E-state index contributed by atoms with van der Waals surface area (Å²) >= 11 is 1.27. The van der Waals surface area contributed by atoms with E-state index in [0.717, 1.165) is 30.5 Å². The molecular formula is C25H36N2O5S2. The van der Waals surface area contributed by atoms with Crippen LogP contribution in [0.4, 0.5) is 11.4 Å². The lowest BCUT2D eigenvalue weighted by atomic mass is 10.1. The highest BCUT2D eigenvalue weighted by molar-refractivity contribution is 8.22. The van der Waals surface area contributed by atoms with Crippen LogP contribution in [0.3, 0.4) is 0 Å². The van der Waals surface area contributed by atoms with Crippen LogP contribution in [-0.4, -0.2) is 56.0 Å². The summed E-state index contributed by atoms with van der Waals surface area (Å²) in [6.07, 6.45) is 2.85. The molecule has 3 N–H and O–H groups in total. The van der Waals surface area contributed by atoms with E-state index in [1.807, 2.05) is 36.4 Å². The van der Waals surface area contributed by atoms with Gasteiger partial charge in [-0.25, -0.2) is 4.31 Å². The predicted octanol–water partition coefficient (Wildman–Crippen LogP) is 6.46. The van der Waals surface area contributed by atoms with E-state index in [1.54, 1.807) is 38.4 Å². The zero-order valence-electron chi connectivity index (χ0n) is 20.5. The van der Waals surface area contributed by atoms with Gasteiger partial charge < -0.3 is 14.7 Å². The normalized spacial score (nSPS) is 19.3. The molecule has 1 atom stereocenters. The topological polar surface area (TPSA) is 93.5 Å². The highest BCUT2D eigenvalue weighted by atomic mass is 32.3. The van der Waals surface area contributed by atoms with Crippen molar-refractivity contribution in [3.8, 4) is 5.75 Å². The van der Waals surface area contributed by atoms with Crippen LogP contribution < -0.4 is 9.64 Å². The highest BCUT2D eigenvalue weighted by Gasteiger charge is 2.38. The number of methoxy groups -OCH3 is 1. The molecule has 7 nitrogen and oxygen atoms in total. The van der Waals surface area contributed by atoms with Gasteiger partial charge in [-0.3, -0.25) is 13.9 Å². The molecule has 0 aliphatic carbocycles. The average Bonchev–Trinajstić information content (AvgIpc) is 2.89. The smallest absolute Gasteiger partial charge is 0.319 e. The van der Waals surface area contributed by atoms with Crippen molar-refractivity contribution in [3.05, 3.63) is 48.0 Å². The molecule has 34 heavy (non-hydrogen) atoms. The molecule has 0 bridgehead atoms. The lowest BCUT2D eigenvalue weighted by Crippen LogP contribution is -2.39. The van der Waals surface area contributed by atoms with Gasteiger partial charge in [0.15, 0.2) is 0 Å². The van der Waals surface area contributed by atoms with Gasteiger partial charge in [0.1, 0.15) is 10.5 Å². The van der Waals surface area contributed by atoms with Crippen molar-refractivity contribution in [2.24, 2.45) is 0 Å². The van der Waals surface area contributed by atoms with Gasteiger partial charge in [0.2, 0.25) is 0 Å². The number of unbranched alkanes of at least 4 members (excludes halogenated alkanes) is 1. The van der Waals surface area contributed by atoms with Crippen molar-refractivity contribution in [2.75, 3.05) is 25.6 Å². The lowest BCUT2D eigenvalue weighted by Gasteiger charge is -2.43. The monoisotopic (exact) mass is 508 g/mol. The zero-order chi connectivity index (χ0) is 25.1. The number of carbonyl (C=O) groups is 1. The van der Waals surface area contributed by atoms with E-state index in [2.05, 4.69) is 11.8 Å². The first-order valence-electron chi connectivity index (χ1n) is 11.4. The maximum absolute atomic E-state index is 11.6. The summed E-state index contributed by atoms with van der Waals surface area (Å²) in [6, 6.07) is 13.5. The van der Waals surface area contributed by atoms with Crippen LogP contribution in [0, 0.1) is 0 Å². The summed E-state index contributed by atoms with van der Waals surface area (Å²) in [5, 5.41) is 9.51. The standard InChI is InChI=1S/C25H36N2O5S2/c1-6-7-11-20-16-27(19-12-9-8-10-13-19)21-15-22(32-5)18(17-33-25(2,3)24(28)29)14-23(21)34(30,31)26(20)4/h8-10,12-15,20,30-31H,6-7,11,16-17H2,1-5H3,(H,28,29). The van der Waals surface area contributed by atoms with E-state index in [9.17, 15) is 19.0 Å². The Bertz CT molecular complexity index is 1000. The molecule has 1 heterocycles. The maximum Gasteiger partial charge on any atom is 0.319 e. The lowest BCUT2D eigenvalue weighted by molar-refractivity contribution is -0.138. The fraction of sp³-hybridized carbons (Fsp3) is 0.480. The van der Waals surface area contributed by atoms with Crippen molar-refractivity contribution < 1.29 is 23.7 Å². The van der Waals surface area contributed by atoms with Crippen LogP contribution in [0.25, 0.3) is 0 Å². The quantitative estimate of drug-likeness (QED) is 0.355. The Labute approximate surface area is 208 Å². The van der Waals surface area contributed by atoms with Gasteiger partial charge in [-0.15, -0.1) is 22.5 Å². The number of hydrogen-bond acceptors (Lipinski definition) is 7. The van der Waals surface area contributed by atoms with Crippen molar-refractivity contribution in [3.63, 3.8) is 0 Å². The SMILES string of the molecule is CCCCC1CN(c2ccccc2)c2cc(OC)c(CSC(C)(C)C(=O)O)cc2S(O)(O)N1C. The molecule has 3 rings (SSSR count). The molecule has 0 amide bonds. The molecule has 1 aliphatic heterocycles. The second kappa shape index (κ2) is 10.8. The molecule has 0 fully saturated rings. The van der Waals surface area contributed by atoms with Gasteiger partial charge in [0.05, 0.1) is 17.7 Å². The number of para-hydroxylation sites is 1. The Morgan fingerprint density at radius 1 is 1.24 bits per heavy atom. The fourth-order valence-electron chi connectivity index (χ4n) is 4.00. The van der Waals surface area contributed by atoms with Gasteiger partial charge in [0.25, 0.3) is 0 Å². The number of thioether (sulfide) groups is 1. The molecule has 0 saturated heterocycles. The van der Waals surface area contributed by atoms with Crippen molar-refractivity contribution in [2.45, 2.75) is 61.5 Å². The average molecular weight is 509 g/mol. The minimum absolute atomic E-state index is 0.0627. The molecule has 0 spiro atoms. The predicted molar refractivity (Wildman–Crippen MR) is 142 cm³/mol. The summed E-state index contributed by atoms with van der Waals surface area (Å²) in [4.78, 5) is 14.2. The summed E-state index contributed by atoms with van der Waals surface area (Å²) in [5.74, 6) is 0.0575. The largest absolute Gasteiger partial charge is 0.496 e. The second-order valence-electron chi connectivity index (χ2n) is 9.04. The minimum Gasteiger partial charge on any atom is -0.496 e. The third-order valence-corrected chi connectivity index (χ3v) is 9.69. The molecule has 0 aromatic heterocycles. The number of nitrogens with zero attached hydrogens (tertiary/aromatic N) is 2. The number of rotatable bonds is 9. The van der Waals surface area contributed by atoms with E-state index < -0.39 is 21.5 Å². The van der Waals surface area contributed by atoms with Gasteiger partial charge >= 0.3 is 5.97 Å². The molecule has 9 heteroatoms. The molecule has 0 saturated carbocycles. The van der Waals surface area contributed by atoms with Crippen LogP contribution in [0.15, 0.2) is 47.4 Å². The number of carboxylic acid groups (broad SMARTS) is 1. The highest BCUT2D eigenvalue weighted by Crippen LogP contribution is 2.59. The van der Waals surface area contributed by atoms with Gasteiger partial charge in [-0.1, -0.05) is 38.0 Å². The van der Waals surface area contributed by atoms with Gasteiger partial charge in [-0.2, -0.15) is 0 Å². The number of anilines is 2. The zero-order valence-corrected chi connectivity index (χ0v) is 22.2. The Kier molecular flexibility index (Phi) is 8.47. The van der Waals surface area contributed by atoms with Crippen LogP contribution >= 0.6 is 22.5 Å². The number of benzene rings is 2. The molecule has 2 aromatic rings. The second-order valence-corrected chi connectivity index (χ2v) is 12.7. The molecule has 0 radical (unpaired) electrons. The Balaban J connectivity index is 2.15. The molecule has 1 aliphatic rings. The summed E-state index contributed by atoms with van der Waals surface area (Å²) < 4.78 is 29.4. The van der Waals surface area contributed by atoms with Gasteiger partial charge in [-0.05, 0) is 38.5 Å². The van der Waals surface area contributed by atoms with Crippen molar-refractivity contribution >= 4 is 39.9 Å². The molecular weight excluding hydrogens is 472 g/mol. The summed E-state index contributed by atoms with van der Waals surface area (Å²) in [7, 11) is 0.0724. The van der Waals surface area contributed by atoms with E-state index in [-0.39, 0.29) is 6.04 Å². The number of aliphatic carboxylic acids is 1. The van der Waals surface area contributed by atoms with Crippen LogP contribution in [0.1, 0.15) is 45.6 Å². The van der Waals surface area contributed by atoms with E-state index in [1.165, 1.54) is 11.8 Å². The Morgan fingerprint density at radius 3 is 2.50 bits per heavy atom. The summed E-state index contributed by atoms with van der Waals surface area (Å²) in [5.41, 5.74) is 2.39. The molecule has 2 aromatic carbocycles. The third kappa shape index (κ3) is 5.49. The van der Waals surface area contributed by atoms with E-state index >= 15 is 0 Å². The summed E-state index contributed by atoms with van der Waals surface area (Å²) in [6.45, 7) is 6.05. The number of fused-ring (bicyclic) bond motifs is 1. The molecule has 188 valence electrons. The number of likely N-dealkylation sites (N-methyl/N-ethyl adjacent to an activating group) is 1. The first kappa shape index (κ1) is 26.7. The third-order valence-electron chi connectivity index (χ3n) is 6.32. The van der Waals surface area contributed by atoms with Crippen LogP contribution in [0.5, 0.6) is 5.75 Å². The fourth-order valence-corrected chi connectivity index (χ4v) is 6.51. The van der Waals surface area contributed by atoms with Crippen LogP contribution in [-0.2, 0) is 10.5 Å². The van der Waals surface area contributed by atoms with E-state index in [0.29, 0.717) is 28.6 Å². The minimum atomic E-state index is -3.28. The number of hydrogen-bond donors (Lipinski definition) is 3. The first-order valence-corrected chi connectivity index (χ1v) is 13.9. The first-order chi connectivity index (χ1) is 16.0. The van der Waals surface area contributed by atoms with Crippen LogP contribution in [0.2, 0.25) is 0 Å². The van der Waals surface area contributed by atoms with E-state index in [4.69, 9.17) is 4.74 Å². The Morgan fingerprint density at radius 2 is 1.91 bits per heavy atom. The maximum atomic E-state index is 11.6. The number of ether oxygens (including phenoxy) is 1. The van der Waals surface area contributed by atoms with Gasteiger partial charge in [0, 0.05) is 42.7 Å².